The molecule has 0 aromatic carbocycles. The zero-order valence-electron chi connectivity index (χ0n) is 8.19. The second kappa shape index (κ2) is 3.84. The highest BCUT2D eigenvalue weighted by molar-refractivity contribution is 5.46. The summed E-state index contributed by atoms with van der Waals surface area (Å²) in [5, 5.41) is 0. The maximum atomic E-state index is 6.00. The Labute approximate surface area is 83.9 Å². The maximum absolute atomic E-state index is 6.00. The van der Waals surface area contributed by atoms with E-state index in [-0.39, 0.29) is 6.17 Å². The number of hydrogen-bond donors (Lipinski definition) is 2. The van der Waals surface area contributed by atoms with Gasteiger partial charge in [0, 0.05) is 6.54 Å². The van der Waals surface area contributed by atoms with E-state index < -0.39 is 0 Å². The van der Waals surface area contributed by atoms with Gasteiger partial charge in [-0.25, -0.2) is 4.98 Å². The molecule has 1 atom stereocenters. The summed E-state index contributed by atoms with van der Waals surface area (Å²) in [5.74, 6) is 0.936. The van der Waals surface area contributed by atoms with Gasteiger partial charge >= 0.3 is 0 Å². The standard InChI is InChI=1S/C10H16N4/c11-8-4-5-10(13-7-8)14-6-2-1-3-9(14)12/h4-5,7,9H,1-3,6,11-12H2. The van der Waals surface area contributed by atoms with Gasteiger partial charge in [0.15, 0.2) is 0 Å². The van der Waals surface area contributed by atoms with Crippen LogP contribution in [0.1, 0.15) is 19.3 Å². The Balaban J connectivity index is 2.16. The van der Waals surface area contributed by atoms with Crippen LogP contribution in [0.3, 0.4) is 0 Å². The maximum Gasteiger partial charge on any atom is 0.129 e. The van der Waals surface area contributed by atoms with Crippen molar-refractivity contribution in [2.45, 2.75) is 25.4 Å². The molecule has 4 N–H and O–H groups in total. The first-order valence-electron chi connectivity index (χ1n) is 5.01. The van der Waals surface area contributed by atoms with Crippen molar-refractivity contribution in [3.63, 3.8) is 0 Å². The van der Waals surface area contributed by atoms with Crippen LogP contribution in [0, 0.1) is 0 Å². The highest BCUT2D eigenvalue weighted by atomic mass is 15.3. The lowest BCUT2D eigenvalue weighted by molar-refractivity contribution is 0.467. The van der Waals surface area contributed by atoms with E-state index in [1.807, 2.05) is 12.1 Å². The fourth-order valence-electron chi connectivity index (χ4n) is 1.81. The Hall–Kier alpha value is -1.29. The Kier molecular flexibility index (Phi) is 2.54. The van der Waals surface area contributed by atoms with Crippen LogP contribution < -0.4 is 16.4 Å². The normalized spacial score (nSPS) is 22.4. The molecule has 1 aliphatic rings. The minimum Gasteiger partial charge on any atom is -0.397 e. The highest BCUT2D eigenvalue weighted by Crippen LogP contribution is 2.20. The van der Waals surface area contributed by atoms with Gasteiger partial charge in [-0.3, -0.25) is 0 Å². The van der Waals surface area contributed by atoms with Gasteiger partial charge in [-0.15, -0.1) is 0 Å². The van der Waals surface area contributed by atoms with Gasteiger partial charge in [-0.05, 0) is 31.4 Å². The first kappa shape index (κ1) is 9.27. The molecule has 0 spiro atoms. The average molecular weight is 192 g/mol. The largest absolute Gasteiger partial charge is 0.397 e. The Morgan fingerprint density at radius 2 is 2.21 bits per heavy atom. The molecule has 1 aromatic rings. The molecule has 0 bridgehead atoms. The molecule has 0 saturated carbocycles. The number of rotatable bonds is 1. The van der Waals surface area contributed by atoms with Gasteiger partial charge in [0.25, 0.3) is 0 Å². The predicted molar refractivity (Wildman–Crippen MR) is 57.8 cm³/mol. The van der Waals surface area contributed by atoms with E-state index in [2.05, 4.69) is 9.88 Å². The molecule has 4 nitrogen and oxygen atoms in total. The number of piperidine rings is 1. The second-order valence-electron chi connectivity index (χ2n) is 3.71. The predicted octanol–water partition coefficient (Wildman–Crippen LogP) is 0.939. The van der Waals surface area contributed by atoms with E-state index in [1.165, 1.54) is 12.8 Å². The van der Waals surface area contributed by atoms with Crippen molar-refractivity contribution in [1.82, 2.24) is 4.98 Å². The van der Waals surface area contributed by atoms with E-state index in [9.17, 15) is 0 Å². The Morgan fingerprint density at radius 3 is 2.86 bits per heavy atom. The molecule has 1 aliphatic heterocycles. The number of anilines is 2. The minimum absolute atomic E-state index is 0.111. The van der Waals surface area contributed by atoms with Crippen LogP contribution in [0.5, 0.6) is 0 Å². The molecular weight excluding hydrogens is 176 g/mol. The number of aromatic nitrogens is 1. The van der Waals surface area contributed by atoms with Crippen LogP contribution in [0.25, 0.3) is 0 Å². The molecule has 4 heteroatoms. The summed E-state index contributed by atoms with van der Waals surface area (Å²) in [4.78, 5) is 6.42. The van der Waals surface area contributed by atoms with Gasteiger partial charge in [0.2, 0.25) is 0 Å². The van der Waals surface area contributed by atoms with Crippen molar-refractivity contribution in [2.24, 2.45) is 5.73 Å². The summed E-state index contributed by atoms with van der Waals surface area (Å²) >= 11 is 0. The van der Waals surface area contributed by atoms with E-state index >= 15 is 0 Å². The molecule has 1 saturated heterocycles. The van der Waals surface area contributed by atoms with Crippen molar-refractivity contribution < 1.29 is 0 Å². The monoisotopic (exact) mass is 192 g/mol. The molecule has 1 aromatic heterocycles. The first-order chi connectivity index (χ1) is 6.77. The zero-order valence-corrected chi connectivity index (χ0v) is 8.19. The zero-order chi connectivity index (χ0) is 9.97. The third-order valence-corrected chi connectivity index (χ3v) is 2.61. The number of nitrogen functional groups attached to an aromatic ring is 1. The number of pyridine rings is 1. The molecule has 1 unspecified atom stereocenters. The van der Waals surface area contributed by atoms with Gasteiger partial charge in [-0.2, -0.15) is 0 Å². The van der Waals surface area contributed by atoms with Gasteiger partial charge in [0.1, 0.15) is 5.82 Å². The minimum atomic E-state index is 0.111. The molecule has 2 rings (SSSR count). The molecule has 0 radical (unpaired) electrons. The fraction of sp³-hybridized carbons (Fsp3) is 0.500. The lowest BCUT2D eigenvalue weighted by Gasteiger charge is -2.33. The van der Waals surface area contributed by atoms with Gasteiger partial charge < -0.3 is 16.4 Å². The van der Waals surface area contributed by atoms with Crippen LogP contribution in [0.15, 0.2) is 18.3 Å². The number of nitrogens with zero attached hydrogens (tertiary/aromatic N) is 2. The molecule has 76 valence electrons. The Bertz CT molecular complexity index is 295. The van der Waals surface area contributed by atoms with E-state index in [4.69, 9.17) is 11.5 Å². The summed E-state index contributed by atoms with van der Waals surface area (Å²) in [5.41, 5.74) is 12.3. The van der Waals surface area contributed by atoms with Gasteiger partial charge in [-0.1, -0.05) is 0 Å². The lowest BCUT2D eigenvalue weighted by atomic mass is 10.1. The van der Waals surface area contributed by atoms with Crippen molar-refractivity contribution in [2.75, 3.05) is 17.2 Å². The molecule has 2 heterocycles. The van der Waals surface area contributed by atoms with Crippen molar-refractivity contribution in [3.8, 4) is 0 Å². The van der Waals surface area contributed by atoms with Crippen molar-refractivity contribution >= 4 is 11.5 Å². The second-order valence-corrected chi connectivity index (χ2v) is 3.71. The third-order valence-electron chi connectivity index (χ3n) is 2.61. The summed E-state index contributed by atoms with van der Waals surface area (Å²) in [6.45, 7) is 0.998. The van der Waals surface area contributed by atoms with Crippen LogP contribution in [-0.2, 0) is 0 Å². The SMILES string of the molecule is Nc1ccc(N2CCCCC2N)nc1. The van der Waals surface area contributed by atoms with Gasteiger partial charge in [0.05, 0.1) is 18.1 Å². The smallest absolute Gasteiger partial charge is 0.129 e. The van der Waals surface area contributed by atoms with E-state index in [0.29, 0.717) is 5.69 Å². The summed E-state index contributed by atoms with van der Waals surface area (Å²) in [7, 11) is 0. The van der Waals surface area contributed by atoms with Crippen molar-refractivity contribution in [3.05, 3.63) is 18.3 Å². The Morgan fingerprint density at radius 1 is 1.36 bits per heavy atom. The molecule has 1 fully saturated rings. The topological polar surface area (TPSA) is 68.2 Å². The number of nitrogens with two attached hydrogens (primary N) is 2. The van der Waals surface area contributed by atoms with E-state index in [0.717, 1.165) is 18.8 Å². The summed E-state index contributed by atoms with van der Waals surface area (Å²) in [6.07, 6.45) is 5.25. The lowest BCUT2D eigenvalue weighted by Crippen LogP contribution is -2.45. The molecular formula is C10H16N4. The quantitative estimate of drug-likeness (QED) is 0.694. The molecule has 14 heavy (non-hydrogen) atoms. The average Bonchev–Trinajstić information content (AvgIpc) is 2.20. The first-order valence-corrected chi connectivity index (χ1v) is 5.01. The van der Waals surface area contributed by atoms with Crippen LogP contribution >= 0.6 is 0 Å². The van der Waals surface area contributed by atoms with E-state index in [1.54, 1.807) is 6.20 Å². The fourth-order valence-corrected chi connectivity index (χ4v) is 1.81. The van der Waals surface area contributed by atoms with Crippen LogP contribution in [0.2, 0.25) is 0 Å². The van der Waals surface area contributed by atoms with Crippen molar-refractivity contribution in [1.29, 1.82) is 0 Å². The number of hydrogen-bond acceptors (Lipinski definition) is 4. The van der Waals surface area contributed by atoms with Crippen LogP contribution in [-0.4, -0.2) is 17.7 Å². The molecule has 0 aliphatic carbocycles. The molecule has 0 amide bonds. The summed E-state index contributed by atoms with van der Waals surface area (Å²) in [6, 6.07) is 3.80. The summed E-state index contributed by atoms with van der Waals surface area (Å²) < 4.78 is 0. The van der Waals surface area contributed by atoms with Crippen LogP contribution in [0.4, 0.5) is 11.5 Å². The highest BCUT2D eigenvalue weighted by Gasteiger charge is 2.19. The third kappa shape index (κ3) is 1.80.